The number of aromatic nitrogens is 2. The van der Waals surface area contributed by atoms with Crippen molar-refractivity contribution >= 4 is 46.7 Å². The number of hydrogen-bond acceptors (Lipinski definition) is 6. The lowest BCUT2D eigenvalue weighted by atomic mass is 9.98. The summed E-state index contributed by atoms with van der Waals surface area (Å²) in [5.74, 6) is -0.300. The summed E-state index contributed by atoms with van der Waals surface area (Å²) in [5.41, 5.74) is 7.56. The van der Waals surface area contributed by atoms with Crippen LogP contribution in [0.15, 0.2) is 60.9 Å². The van der Waals surface area contributed by atoms with Gasteiger partial charge in [-0.25, -0.2) is 4.39 Å². The smallest absolute Gasteiger partial charge is 0.274 e. The standard InChI is InChI=1S/C41H42Cl2FN5O2/c1-25-6-2-3-14-48(25)22-30-20-46-38(18-34(30)26-11-12-26)41(50)47-36-10-5-9-33(40(36)43)32-8-4-7-28(39(32)42)16-35(44)37-17-27-13-15-49(31-23-51-24-31)21-29(27)19-45-37/h4-5,7-10,16-20,25-26,31H,2-3,6,11-15,21-24H2,1H3,(H,47,50)/b35-16-/t25-/m1/s1. The van der Waals surface area contributed by atoms with Crippen molar-refractivity contribution in [2.75, 3.05) is 31.6 Å². The third-order valence-electron chi connectivity index (χ3n) is 10.9. The van der Waals surface area contributed by atoms with Gasteiger partial charge < -0.3 is 10.1 Å². The summed E-state index contributed by atoms with van der Waals surface area (Å²) in [6.45, 7) is 7.54. The van der Waals surface area contributed by atoms with Gasteiger partial charge in [0.25, 0.3) is 5.91 Å². The highest BCUT2D eigenvalue weighted by Gasteiger charge is 2.31. The number of pyridine rings is 2. The number of amides is 1. The Morgan fingerprint density at radius 2 is 1.75 bits per heavy atom. The Balaban J connectivity index is 0.997. The molecular formula is C41H42Cl2FN5O2. The van der Waals surface area contributed by atoms with Gasteiger partial charge in [-0.15, -0.1) is 0 Å². The summed E-state index contributed by atoms with van der Waals surface area (Å²) < 4.78 is 21.1. The van der Waals surface area contributed by atoms with Crippen LogP contribution in [0.3, 0.4) is 0 Å². The summed E-state index contributed by atoms with van der Waals surface area (Å²) in [5, 5.41) is 3.67. The molecule has 3 fully saturated rings. The predicted molar refractivity (Wildman–Crippen MR) is 202 cm³/mol. The van der Waals surface area contributed by atoms with E-state index in [9.17, 15) is 4.79 Å². The normalized spacial score (nSPS) is 20.2. The van der Waals surface area contributed by atoms with Gasteiger partial charge in [-0.2, -0.15) is 0 Å². The summed E-state index contributed by atoms with van der Waals surface area (Å²) in [4.78, 5) is 27.6. The maximum absolute atomic E-state index is 15.7. The SMILES string of the molecule is C[C@@H]1CCCCN1Cc1cnc(C(=O)Nc2cccc(-c3cccc(/C=C(\F)c4cc5c(cn4)CN(C4COC4)CC5)c3Cl)c2Cl)cc1C1CC1. The van der Waals surface area contributed by atoms with Crippen LogP contribution in [0, 0.1) is 0 Å². The molecule has 0 bridgehead atoms. The lowest BCUT2D eigenvalue weighted by molar-refractivity contribution is -0.0695. The van der Waals surface area contributed by atoms with Crippen molar-refractivity contribution in [3.63, 3.8) is 0 Å². The van der Waals surface area contributed by atoms with E-state index in [2.05, 4.69) is 32.0 Å². The molecule has 0 radical (unpaired) electrons. The molecule has 2 aromatic carbocycles. The molecule has 1 amide bonds. The molecule has 51 heavy (non-hydrogen) atoms. The van der Waals surface area contributed by atoms with E-state index in [1.54, 1.807) is 18.3 Å². The first-order chi connectivity index (χ1) is 24.8. The Kier molecular flexibility index (Phi) is 9.96. The van der Waals surface area contributed by atoms with Crippen molar-refractivity contribution in [2.24, 2.45) is 0 Å². The first kappa shape index (κ1) is 34.4. The van der Waals surface area contributed by atoms with Crippen LogP contribution >= 0.6 is 23.2 Å². The molecule has 4 aromatic rings. The maximum atomic E-state index is 15.7. The van der Waals surface area contributed by atoms with Crippen LogP contribution in [0.2, 0.25) is 10.0 Å². The fraction of sp³-hybridized carbons (Fsp3) is 0.390. The number of hydrogen-bond donors (Lipinski definition) is 1. The molecule has 8 rings (SSSR count). The zero-order valence-electron chi connectivity index (χ0n) is 28.8. The number of carbonyl (C=O) groups is 1. The summed E-state index contributed by atoms with van der Waals surface area (Å²) in [6, 6.07) is 15.7. The van der Waals surface area contributed by atoms with Crippen LogP contribution in [-0.4, -0.2) is 64.1 Å². The Hall–Kier alpha value is -3.66. The van der Waals surface area contributed by atoms with Crippen LogP contribution in [0.1, 0.15) is 88.9 Å². The highest BCUT2D eigenvalue weighted by molar-refractivity contribution is 6.39. The van der Waals surface area contributed by atoms with Gasteiger partial charge in [-0.3, -0.25) is 24.6 Å². The molecule has 5 heterocycles. The van der Waals surface area contributed by atoms with E-state index in [0.717, 1.165) is 69.8 Å². The van der Waals surface area contributed by atoms with Crippen LogP contribution in [0.4, 0.5) is 10.1 Å². The average molecular weight is 727 g/mol. The zero-order valence-corrected chi connectivity index (χ0v) is 30.3. The minimum atomic E-state index is -0.465. The van der Waals surface area contributed by atoms with E-state index in [1.165, 1.54) is 36.5 Å². The summed E-state index contributed by atoms with van der Waals surface area (Å²) in [6.07, 6.45) is 11.9. The predicted octanol–water partition coefficient (Wildman–Crippen LogP) is 9.18. The number of benzene rings is 2. The van der Waals surface area contributed by atoms with Gasteiger partial charge >= 0.3 is 0 Å². The number of carbonyl (C=O) groups excluding carboxylic acids is 1. The van der Waals surface area contributed by atoms with E-state index in [4.69, 9.17) is 27.9 Å². The fourth-order valence-electron chi connectivity index (χ4n) is 7.58. The molecule has 264 valence electrons. The molecule has 0 spiro atoms. The van der Waals surface area contributed by atoms with Gasteiger partial charge in [0.1, 0.15) is 11.5 Å². The Morgan fingerprint density at radius 1 is 0.961 bits per heavy atom. The highest BCUT2D eigenvalue weighted by Crippen LogP contribution is 2.43. The largest absolute Gasteiger partial charge is 0.378 e. The number of halogens is 3. The molecule has 2 aromatic heterocycles. The molecule has 7 nitrogen and oxygen atoms in total. The Labute approximate surface area is 308 Å². The molecule has 1 saturated carbocycles. The van der Waals surface area contributed by atoms with Crippen molar-refractivity contribution in [1.29, 1.82) is 0 Å². The molecule has 2 saturated heterocycles. The molecule has 1 N–H and O–H groups in total. The third kappa shape index (κ3) is 7.35. The monoisotopic (exact) mass is 725 g/mol. The van der Waals surface area contributed by atoms with Gasteiger partial charge in [0.05, 0.1) is 40.7 Å². The van der Waals surface area contributed by atoms with Crippen LogP contribution in [0.25, 0.3) is 23.0 Å². The van der Waals surface area contributed by atoms with Gasteiger partial charge in [-0.05, 0) is 104 Å². The molecular weight excluding hydrogens is 684 g/mol. The van der Waals surface area contributed by atoms with E-state index in [-0.39, 0.29) is 11.6 Å². The number of rotatable bonds is 9. The number of ether oxygens (including phenoxy) is 1. The Bertz CT molecular complexity index is 2000. The van der Waals surface area contributed by atoms with E-state index in [1.807, 2.05) is 42.6 Å². The van der Waals surface area contributed by atoms with E-state index < -0.39 is 5.83 Å². The second-order valence-electron chi connectivity index (χ2n) is 14.4. The first-order valence-corrected chi connectivity index (χ1v) is 18.9. The lowest BCUT2D eigenvalue weighted by Gasteiger charge is -2.39. The van der Waals surface area contributed by atoms with E-state index >= 15 is 4.39 Å². The maximum Gasteiger partial charge on any atom is 0.274 e. The van der Waals surface area contributed by atoms with Crippen LogP contribution in [0.5, 0.6) is 0 Å². The Morgan fingerprint density at radius 3 is 2.51 bits per heavy atom. The minimum Gasteiger partial charge on any atom is -0.378 e. The van der Waals surface area contributed by atoms with Gasteiger partial charge in [0.2, 0.25) is 0 Å². The molecule has 10 heteroatoms. The minimum absolute atomic E-state index is 0.283. The summed E-state index contributed by atoms with van der Waals surface area (Å²) >= 11 is 13.9. The number of likely N-dealkylation sites (tertiary alicyclic amines) is 1. The molecule has 0 unspecified atom stereocenters. The van der Waals surface area contributed by atoms with Gasteiger partial charge in [0, 0.05) is 49.2 Å². The second-order valence-corrected chi connectivity index (χ2v) is 15.2. The van der Waals surface area contributed by atoms with Crippen molar-refractivity contribution < 1.29 is 13.9 Å². The molecule has 4 aliphatic rings. The number of nitrogens with zero attached hydrogens (tertiary/aromatic N) is 4. The number of fused-ring (bicyclic) bond motifs is 1. The summed E-state index contributed by atoms with van der Waals surface area (Å²) in [7, 11) is 0. The fourth-order valence-corrected chi connectivity index (χ4v) is 8.14. The number of nitrogens with one attached hydrogen (secondary N) is 1. The number of anilines is 1. The van der Waals surface area contributed by atoms with Crippen molar-refractivity contribution in [2.45, 2.75) is 76.5 Å². The quantitative estimate of drug-likeness (QED) is 0.186. The second kappa shape index (κ2) is 14.8. The van der Waals surface area contributed by atoms with Crippen molar-refractivity contribution in [3.05, 3.63) is 110 Å². The van der Waals surface area contributed by atoms with Gasteiger partial charge in [0.15, 0.2) is 0 Å². The molecule has 1 aliphatic carbocycles. The third-order valence-corrected chi connectivity index (χ3v) is 11.8. The molecule has 3 aliphatic heterocycles. The van der Waals surface area contributed by atoms with Crippen LogP contribution in [-0.2, 0) is 24.2 Å². The lowest BCUT2D eigenvalue weighted by Crippen LogP contribution is -2.50. The topological polar surface area (TPSA) is 70.6 Å². The number of piperidine rings is 1. The first-order valence-electron chi connectivity index (χ1n) is 18.1. The highest BCUT2D eigenvalue weighted by atomic mass is 35.5. The average Bonchev–Trinajstić information content (AvgIpc) is 3.96. The zero-order chi connectivity index (χ0) is 35.1. The van der Waals surface area contributed by atoms with Crippen LogP contribution < -0.4 is 5.32 Å². The van der Waals surface area contributed by atoms with Gasteiger partial charge in [-0.1, -0.05) is 60.0 Å². The molecule has 1 atom stereocenters. The van der Waals surface area contributed by atoms with E-state index in [0.29, 0.717) is 56.1 Å². The van der Waals surface area contributed by atoms with Crippen molar-refractivity contribution in [3.8, 4) is 11.1 Å². The van der Waals surface area contributed by atoms with Crippen molar-refractivity contribution in [1.82, 2.24) is 19.8 Å².